The first-order chi connectivity index (χ1) is 48.2. The van der Waals surface area contributed by atoms with E-state index < -0.39 is 5.82 Å². The monoisotopic (exact) mass is 1510 g/mol. The van der Waals surface area contributed by atoms with Gasteiger partial charge in [0.2, 0.25) is 11.8 Å². The van der Waals surface area contributed by atoms with E-state index in [4.69, 9.17) is 17.3 Å². The number of piperidine rings is 3. The number of likely N-dealkylation sites (tertiary alicyclic amines) is 6. The number of phenolic OH excluding ortho intramolecular Hbond substituents is 1. The number of aliphatic hydroxyl groups is 1. The molecule has 7 unspecified atom stereocenters. The molecule has 616 valence electrons. The average molecular weight is 1510 g/mol. The number of carbonyl (C=O) groups excluding carboxylic acids is 2. The van der Waals surface area contributed by atoms with E-state index >= 15 is 0 Å². The summed E-state index contributed by atoms with van der Waals surface area (Å²) in [6, 6.07) is 12.6. The number of halogens is 2. The van der Waals surface area contributed by atoms with E-state index in [-0.39, 0.29) is 45.1 Å². The Morgan fingerprint density at radius 3 is 1.31 bits per heavy atom. The number of H-pyrrole nitrogens is 1. The van der Waals surface area contributed by atoms with Crippen LogP contribution in [0.15, 0.2) is 36.4 Å². The molecular formula is C88H166ClFN12O4. The van der Waals surface area contributed by atoms with Gasteiger partial charge in [0.25, 0.3) is 0 Å². The Morgan fingerprint density at radius 1 is 0.519 bits per heavy atom. The second-order valence-corrected chi connectivity index (χ2v) is 41.8. The molecule has 8 heterocycles. The Kier molecular flexibility index (Phi) is 39.4. The number of aromatic hydroxyl groups is 1. The smallest absolute Gasteiger partial charge is 0.219 e. The normalized spacial score (nSPS) is 23.3. The fraction of sp³-hybridized carbons (Fsp3) is 0.830. The number of fused-ring (bicyclic) bond motifs is 1. The lowest BCUT2D eigenvalue weighted by atomic mass is 9.76. The van der Waals surface area contributed by atoms with Crippen LogP contribution < -0.4 is 11.1 Å². The number of nitrogens with zero attached hydrogens (tertiary/aromatic N) is 9. The van der Waals surface area contributed by atoms with Gasteiger partial charge in [-0.25, -0.2) is 4.39 Å². The van der Waals surface area contributed by atoms with Crippen LogP contribution in [0.3, 0.4) is 0 Å². The van der Waals surface area contributed by atoms with Crippen LogP contribution in [0.5, 0.6) is 5.75 Å². The van der Waals surface area contributed by atoms with Crippen LogP contribution in [-0.4, -0.2) is 238 Å². The van der Waals surface area contributed by atoms with Gasteiger partial charge in [0.05, 0.1) is 16.6 Å². The van der Waals surface area contributed by atoms with E-state index in [1.807, 2.05) is 48.8 Å². The second kappa shape index (κ2) is 42.4. The second-order valence-electron chi connectivity index (χ2n) is 41.4. The summed E-state index contributed by atoms with van der Waals surface area (Å²) in [5.74, 6) is 2.04. The maximum Gasteiger partial charge on any atom is 0.219 e. The molecule has 0 bridgehead atoms. The fourth-order valence-corrected chi connectivity index (χ4v) is 14.9. The molecule has 7 aliphatic heterocycles. The van der Waals surface area contributed by atoms with Crippen LogP contribution in [0.25, 0.3) is 10.9 Å². The summed E-state index contributed by atoms with van der Waals surface area (Å²) in [5.41, 5.74) is 11.0. The number of benzene rings is 2. The van der Waals surface area contributed by atoms with Gasteiger partial charge in [-0.3, -0.25) is 34.3 Å². The van der Waals surface area contributed by atoms with Gasteiger partial charge in [-0.05, 0) is 259 Å². The zero-order valence-corrected chi connectivity index (χ0v) is 75.3. The van der Waals surface area contributed by atoms with Crippen molar-refractivity contribution in [2.24, 2.45) is 39.7 Å². The van der Waals surface area contributed by atoms with Crippen molar-refractivity contribution in [1.82, 2.24) is 54.7 Å². The Balaban J connectivity index is 0.000000406. The highest BCUT2D eigenvalue weighted by Crippen LogP contribution is 2.37. The van der Waals surface area contributed by atoms with E-state index in [9.17, 15) is 24.2 Å². The van der Waals surface area contributed by atoms with Crippen molar-refractivity contribution in [2.75, 3.05) is 120 Å². The van der Waals surface area contributed by atoms with Crippen LogP contribution in [0.2, 0.25) is 5.02 Å². The molecule has 7 atom stereocenters. The Labute approximate surface area is 655 Å². The van der Waals surface area contributed by atoms with Gasteiger partial charge >= 0.3 is 0 Å². The first-order valence-electron chi connectivity index (χ1n) is 40.8. The molecule has 0 saturated carbocycles. The summed E-state index contributed by atoms with van der Waals surface area (Å²) in [6.45, 7) is 78.8. The van der Waals surface area contributed by atoms with Gasteiger partial charge < -0.3 is 40.9 Å². The zero-order chi connectivity index (χ0) is 81.7. The molecule has 10 rings (SSSR count). The number of phenols is 1. The Morgan fingerprint density at radius 2 is 0.953 bits per heavy atom. The highest BCUT2D eigenvalue weighted by atomic mass is 35.5. The van der Waals surface area contributed by atoms with E-state index in [2.05, 4.69) is 245 Å². The molecule has 16 nitrogen and oxygen atoms in total. The number of para-hydroxylation sites is 1. The minimum absolute atomic E-state index is 0.0882. The standard InChI is InChI=1S/C11H14N2.C11H24N2.C11H21NO.C10H12ClFO.C10H22N2.C10H19NO.C9H19NO.C8H18N2.C8H17N/c1-11(2,3)10-8-6-4-5-7-9(8)12-13-10;1-11(2,3)13-8-6-7-10(9-13)12(4)5;1-9(13)12-7-5-6-10(8-12)11(2,3)4;1-10(2,3)7-4-6(13)5-8(12)9(7)11;1-10(2,3)12-7-6-9(8-12)11(4)5;1-8(12)11-6-5-9(7-11)10(2,3)4;1-9(2,3)10-6-4-5-8(11)7-10;1-8(2,3)10-5-4-7(9)6-10;1-8(2,3)7-4-5-9-6-7/h4-7H,1-3H3,(H,12,13);10H,6-9H2,1-5H3;10H,5-8H2,1-4H3;4-5,13H,1-3H3;9H,6-8H2,1-5H3;9H,5-7H2,1-4H3;8,11H,4-7H2,1-3H3;7H,4-6,9H2,1-3H3;7,9H,4-6H2,1-3H3. The summed E-state index contributed by atoms with van der Waals surface area (Å²) in [6.07, 6.45) is 12.2. The number of likely N-dealkylation sites (N-methyl/N-ethyl adjacent to an activating group) is 2. The van der Waals surface area contributed by atoms with Crippen LogP contribution in [0, 0.1) is 39.8 Å². The molecule has 6 N–H and O–H groups in total. The number of hydrogen-bond donors (Lipinski definition) is 5. The van der Waals surface area contributed by atoms with Crippen LogP contribution >= 0.6 is 11.6 Å². The molecule has 0 aliphatic carbocycles. The number of hydrogen-bond acceptors (Lipinski definition) is 13. The summed E-state index contributed by atoms with van der Waals surface area (Å²) in [5, 5.41) is 30.6. The Bertz CT molecular complexity index is 2990. The summed E-state index contributed by atoms with van der Waals surface area (Å²) >= 11 is 5.76. The average Bonchev–Trinajstić information content (AvgIpc) is 1.64. The van der Waals surface area contributed by atoms with Crippen molar-refractivity contribution in [1.29, 1.82) is 0 Å². The molecule has 7 fully saturated rings. The van der Waals surface area contributed by atoms with E-state index in [1.165, 1.54) is 108 Å². The number of nitrogens with two attached hydrogens (primary N) is 1. The number of aromatic nitrogens is 2. The van der Waals surface area contributed by atoms with Gasteiger partial charge in [0.15, 0.2) is 0 Å². The molecule has 7 aliphatic rings. The van der Waals surface area contributed by atoms with E-state index in [1.54, 1.807) is 13.8 Å². The maximum atomic E-state index is 13.1. The van der Waals surface area contributed by atoms with E-state index in [0.717, 1.165) is 94.7 Å². The third kappa shape index (κ3) is 35.9. The van der Waals surface area contributed by atoms with Gasteiger partial charge in [-0.1, -0.05) is 134 Å². The largest absolute Gasteiger partial charge is 0.508 e. The lowest BCUT2D eigenvalue weighted by molar-refractivity contribution is -0.131. The lowest BCUT2D eigenvalue weighted by Gasteiger charge is -2.43. The van der Waals surface area contributed by atoms with Gasteiger partial charge in [-0.15, -0.1) is 0 Å². The first kappa shape index (κ1) is 98.6. The maximum absolute atomic E-state index is 13.1. The SMILES string of the molecule is CC(=O)N1CCC(C(C)(C)C)C1.CC(=O)N1CCCC(C(C)(C)C)C1.CC(C)(C)C1CCNC1.CC(C)(C)N1CCC(N)C1.CC(C)(C)N1CCCC(O)C1.CC(C)(C)c1[nH]nc2ccccc12.CC(C)(C)c1cc(O)cc(F)c1Cl.CN(C)C1CCCN(C(C)(C)C)C1.CN(C)C1CCN(C(C)(C)C)C1. The topological polar surface area (TPSA) is 167 Å². The first-order valence-corrected chi connectivity index (χ1v) is 41.1. The number of aromatic amines is 1. The lowest BCUT2D eigenvalue weighted by Crippen LogP contribution is -2.52. The molecule has 3 aromatic rings. The van der Waals surface area contributed by atoms with Crippen LogP contribution in [-0.2, 0) is 20.4 Å². The number of aliphatic hydroxyl groups excluding tert-OH is 1. The third-order valence-corrected chi connectivity index (χ3v) is 23.1. The third-order valence-electron chi connectivity index (χ3n) is 22.7. The minimum atomic E-state index is -0.577. The molecule has 0 spiro atoms. The number of β-amino-alcohol motifs (C(OH)–C–C–N with tert-alkyl or cyclic N) is 1. The summed E-state index contributed by atoms with van der Waals surface area (Å²) in [7, 11) is 8.74. The quantitative estimate of drug-likeness (QED) is 0.165. The highest BCUT2D eigenvalue weighted by Gasteiger charge is 2.36. The highest BCUT2D eigenvalue weighted by molar-refractivity contribution is 6.31. The molecule has 7 saturated heterocycles. The van der Waals surface area contributed by atoms with Crippen molar-refractivity contribution >= 4 is 34.3 Å². The number of rotatable bonds is 2. The number of nitrogens with one attached hydrogen (secondary N) is 2. The summed E-state index contributed by atoms with van der Waals surface area (Å²) in [4.78, 5) is 40.8. The molecular weight excluding hydrogens is 1340 g/mol. The predicted octanol–water partition coefficient (Wildman–Crippen LogP) is 17.5. The van der Waals surface area contributed by atoms with Crippen molar-refractivity contribution in [2.45, 2.75) is 322 Å². The zero-order valence-electron chi connectivity index (χ0n) is 74.5. The number of carbonyl (C=O) groups is 2. The number of amides is 2. The molecule has 2 amide bonds. The summed E-state index contributed by atoms with van der Waals surface area (Å²) < 4.78 is 13.1. The van der Waals surface area contributed by atoms with Crippen molar-refractivity contribution < 1.29 is 24.2 Å². The van der Waals surface area contributed by atoms with Crippen molar-refractivity contribution in [3.05, 3.63) is 58.5 Å². The molecule has 18 heteroatoms. The van der Waals surface area contributed by atoms with Crippen molar-refractivity contribution in [3.8, 4) is 5.75 Å². The van der Waals surface area contributed by atoms with Gasteiger partial charge in [0, 0.05) is 142 Å². The Hall–Kier alpha value is -3.49. The molecule has 0 radical (unpaired) electrons. The minimum Gasteiger partial charge on any atom is -0.508 e. The fourth-order valence-electron chi connectivity index (χ4n) is 14.5. The van der Waals surface area contributed by atoms with Crippen LogP contribution in [0.4, 0.5) is 4.39 Å². The van der Waals surface area contributed by atoms with Crippen LogP contribution in [0.1, 0.15) is 276 Å². The molecule has 2 aromatic carbocycles. The van der Waals surface area contributed by atoms with Gasteiger partial charge in [0.1, 0.15) is 11.6 Å². The van der Waals surface area contributed by atoms with E-state index in [0.29, 0.717) is 56.3 Å². The van der Waals surface area contributed by atoms with Gasteiger partial charge in [-0.2, -0.15) is 5.10 Å². The molecule has 1 aromatic heterocycles. The van der Waals surface area contributed by atoms with Crippen molar-refractivity contribution in [3.63, 3.8) is 0 Å². The predicted molar refractivity (Wildman–Crippen MR) is 453 cm³/mol. The molecule has 106 heavy (non-hydrogen) atoms.